The Kier molecular flexibility index (Phi) is 9.48. The summed E-state index contributed by atoms with van der Waals surface area (Å²) in [6, 6.07) is 0. The van der Waals surface area contributed by atoms with Crippen LogP contribution < -0.4 is 0 Å². The van der Waals surface area contributed by atoms with Crippen molar-refractivity contribution in [1.82, 2.24) is 0 Å². The summed E-state index contributed by atoms with van der Waals surface area (Å²) in [5, 5.41) is 0. The topological polar surface area (TPSA) is 75.7 Å². The fraction of sp³-hybridized carbons (Fsp3) is 0.846. The van der Waals surface area contributed by atoms with Gasteiger partial charge in [-0.25, -0.2) is 8.42 Å². The maximum absolute atomic E-state index is 13.5. The minimum Gasteiger partial charge on any atom is -0.726 e. The van der Waals surface area contributed by atoms with Gasteiger partial charge in [-0.3, -0.25) is 4.18 Å². The molecule has 0 aliphatic carbocycles. The number of hydrogen-bond donors (Lipinski definition) is 0. The molecule has 0 aromatic rings. The first-order valence-electron chi connectivity index (χ1n) is 8.03. The molecule has 0 saturated heterocycles. The second-order valence-corrected chi connectivity index (χ2v) is 7.33. The van der Waals surface area contributed by atoms with Crippen molar-refractivity contribution in [2.45, 2.75) is 47.6 Å². The third-order valence-electron chi connectivity index (χ3n) is 3.74. The number of halogens is 17. The van der Waals surface area contributed by atoms with Gasteiger partial charge < -0.3 is 9.29 Å². The summed E-state index contributed by atoms with van der Waals surface area (Å²) in [5.74, 6) is -57.2. The lowest BCUT2D eigenvalue weighted by atomic mass is 9.89. The van der Waals surface area contributed by atoms with Gasteiger partial charge in [0.1, 0.15) is 0 Å². The van der Waals surface area contributed by atoms with E-state index in [4.69, 9.17) is 0 Å². The average Bonchev–Trinajstić information content (AvgIpc) is 2.64. The maximum Gasteiger partial charge on any atom is 1.00 e. The van der Waals surface area contributed by atoms with Gasteiger partial charge in [0, 0.05) is 0 Å². The Morgan fingerprint density at radius 1 is 0.611 bits per heavy atom. The number of hydrogen-bond acceptors (Lipinski definition) is 5. The zero-order valence-electron chi connectivity index (χ0n) is 17.2. The predicted octanol–water partition coefficient (Wildman–Crippen LogP) is 5.16. The van der Waals surface area contributed by atoms with E-state index >= 15 is 0 Å². The van der Waals surface area contributed by atoms with E-state index in [9.17, 15) is 87.6 Å². The molecule has 0 amide bonds. The van der Waals surface area contributed by atoms with Gasteiger partial charge in [0.05, 0.1) is 19.8 Å². The number of allylic oxidation sites excluding steroid dienone is 1. The van der Waals surface area contributed by atoms with E-state index in [1.165, 1.54) is 0 Å². The Labute approximate surface area is 189 Å². The van der Waals surface area contributed by atoms with Crippen LogP contribution in [0.25, 0.3) is 0 Å². The van der Waals surface area contributed by atoms with Crippen LogP contribution in [0.15, 0.2) is 12.2 Å². The highest BCUT2D eigenvalue weighted by atomic mass is 32.3. The van der Waals surface area contributed by atoms with Gasteiger partial charge in [-0.2, -0.15) is 74.6 Å². The minimum absolute atomic E-state index is 0. The molecule has 216 valence electrons. The predicted molar refractivity (Wildman–Crippen MR) is 77.4 cm³/mol. The summed E-state index contributed by atoms with van der Waals surface area (Å²) < 4.78 is 259. The molecule has 23 heteroatoms. The van der Waals surface area contributed by atoms with E-state index in [0.29, 0.717) is 0 Å². The monoisotopic (exact) mass is 600 g/mol. The highest BCUT2D eigenvalue weighted by Gasteiger charge is 2.95. The van der Waals surface area contributed by atoms with Gasteiger partial charge in [-0.15, -0.1) is 0 Å². The number of ether oxygens (including phenoxy) is 1. The van der Waals surface area contributed by atoms with Crippen LogP contribution in [-0.4, -0.2) is 80.4 Å². The first-order chi connectivity index (χ1) is 15.5. The summed E-state index contributed by atoms with van der Waals surface area (Å²) in [7, 11) is -5.28. The molecule has 0 heterocycles. The SMILES string of the molecule is O=S(=O)([O-])OCCOCC=CC(F)(F)C(F)(F)C(F)(F)C(F)(F)C(F)(F)C(F)(F)C(F)(F)C(F)(F)F.[H+]. The molecule has 0 aromatic carbocycles. The summed E-state index contributed by atoms with van der Waals surface area (Å²) in [6.45, 7) is -3.54. The molecule has 0 unspecified atom stereocenters. The quantitative estimate of drug-likeness (QED) is 0.0961. The van der Waals surface area contributed by atoms with Crippen LogP contribution in [0.2, 0.25) is 0 Å². The molecular formula is C13H9F17O5S. The van der Waals surface area contributed by atoms with E-state index in [0.717, 1.165) is 0 Å². The second-order valence-electron chi connectivity index (χ2n) is 6.27. The van der Waals surface area contributed by atoms with Crippen molar-refractivity contribution in [2.75, 3.05) is 19.8 Å². The van der Waals surface area contributed by atoms with Gasteiger partial charge >= 0.3 is 49.1 Å². The lowest BCUT2D eigenvalue weighted by Crippen LogP contribution is -2.74. The third-order valence-corrected chi connectivity index (χ3v) is 4.20. The Bertz CT molecular complexity index is 900. The van der Waals surface area contributed by atoms with Gasteiger partial charge in [0.15, 0.2) is 0 Å². The molecule has 0 aliphatic rings. The molecule has 0 radical (unpaired) electrons. The highest BCUT2D eigenvalue weighted by molar-refractivity contribution is 7.80. The molecule has 0 bridgehead atoms. The Morgan fingerprint density at radius 3 is 1.33 bits per heavy atom. The van der Waals surface area contributed by atoms with Crippen molar-refractivity contribution in [3.8, 4) is 0 Å². The van der Waals surface area contributed by atoms with Crippen molar-refractivity contribution in [1.29, 1.82) is 0 Å². The second kappa shape index (κ2) is 9.93. The van der Waals surface area contributed by atoms with Crippen molar-refractivity contribution in [3.63, 3.8) is 0 Å². The molecule has 0 saturated carbocycles. The molecule has 0 aromatic heterocycles. The van der Waals surface area contributed by atoms with Crippen molar-refractivity contribution in [2.24, 2.45) is 0 Å². The lowest BCUT2D eigenvalue weighted by molar-refractivity contribution is -0.459. The molecule has 0 spiro atoms. The van der Waals surface area contributed by atoms with Crippen LogP contribution in [-0.2, 0) is 19.3 Å². The molecular weight excluding hydrogens is 591 g/mol. The van der Waals surface area contributed by atoms with Crippen molar-refractivity contribution in [3.05, 3.63) is 12.2 Å². The first kappa shape index (κ1) is 34.4. The summed E-state index contributed by atoms with van der Waals surface area (Å²) >= 11 is 0. The molecule has 0 atom stereocenters. The van der Waals surface area contributed by atoms with Gasteiger partial charge in [-0.05, 0) is 6.08 Å². The third kappa shape index (κ3) is 5.92. The standard InChI is InChI=1S/C13H9F17O5S/c14-6(15,2-1-3-34-4-5-35-36(31,32)33)7(16,17)8(18,19)9(20,21)10(22,23)11(24,25)12(26,27)13(28,29)30/h1-2H,3-5H2,(H,31,32,33). The Morgan fingerprint density at radius 2 is 0.972 bits per heavy atom. The largest absolute Gasteiger partial charge is 1.00 e. The molecule has 0 N–H and O–H groups in total. The average molecular weight is 600 g/mol. The number of alkyl halides is 17. The molecule has 5 nitrogen and oxygen atoms in total. The van der Waals surface area contributed by atoms with Crippen molar-refractivity contribution >= 4 is 10.4 Å². The van der Waals surface area contributed by atoms with E-state index in [1.807, 2.05) is 0 Å². The molecule has 0 fully saturated rings. The van der Waals surface area contributed by atoms with Crippen LogP contribution in [0.3, 0.4) is 0 Å². The van der Waals surface area contributed by atoms with E-state index < -0.39 is 90.0 Å². The first-order valence-corrected chi connectivity index (χ1v) is 9.36. The zero-order chi connectivity index (χ0) is 29.4. The Balaban J connectivity index is 0. The number of rotatable bonds is 13. The van der Waals surface area contributed by atoms with Crippen LogP contribution in [0.1, 0.15) is 1.43 Å². The van der Waals surface area contributed by atoms with E-state index in [2.05, 4.69) is 8.92 Å². The fourth-order valence-corrected chi connectivity index (χ4v) is 2.10. The molecule has 0 rings (SSSR count). The van der Waals surface area contributed by atoms with Gasteiger partial charge in [0.2, 0.25) is 10.4 Å². The van der Waals surface area contributed by atoms with Gasteiger partial charge in [0.25, 0.3) is 0 Å². The van der Waals surface area contributed by atoms with E-state index in [-0.39, 0.29) is 1.43 Å². The fourth-order valence-electron chi connectivity index (χ4n) is 1.82. The van der Waals surface area contributed by atoms with Gasteiger partial charge in [-0.1, -0.05) is 6.08 Å². The summed E-state index contributed by atoms with van der Waals surface area (Å²) in [6.07, 6.45) is -9.72. The summed E-state index contributed by atoms with van der Waals surface area (Å²) in [4.78, 5) is 0. The summed E-state index contributed by atoms with van der Waals surface area (Å²) in [5.41, 5.74) is 0. The van der Waals surface area contributed by atoms with Crippen LogP contribution in [0.5, 0.6) is 0 Å². The zero-order valence-corrected chi connectivity index (χ0v) is 17.0. The lowest BCUT2D eigenvalue weighted by Gasteiger charge is -2.42. The normalized spacial score (nSPS) is 16.2. The van der Waals surface area contributed by atoms with E-state index in [1.54, 1.807) is 0 Å². The smallest absolute Gasteiger partial charge is 0.726 e. The minimum atomic E-state index is -8.71. The van der Waals surface area contributed by atoms with Crippen molar-refractivity contribution < 1.29 is 98.0 Å². The molecule has 36 heavy (non-hydrogen) atoms. The van der Waals surface area contributed by atoms with Crippen LogP contribution in [0, 0.1) is 0 Å². The maximum atomic E-state index is 13.5. The molecule has 0 aliphatic heterocycles. The van der Waals surface area contributed by atoms with Crippen LogP contribution >= 0.6 is 0 Å². The highest BCUT2D eigenvalue weighted by Crippen LogP contribution is 2.64. The Hall–Kier alpha value is -1.62. The van der Waals surface area contributed by atoms with Crippen LogP contribution in [0.4, 0.5) is 74.6 Å².